The number of hydrogen-bond donors (Lipinski definition) is 2. The Hall–Kier alpha value is -0.960. The Morgan fingerprint density at radius 2 is 1.85 bits per heavy atom. The van der Waals surface area contributed by atoms with Crippen LogP contribution in [0.15, 0.2) is 46.7 Å². The fourth-order valence-electron chi connectivity index (χ4n) is 3.43. The van der Waals surface area contributed by atoms with Gasteiger partial charge in [0.05, 0.1) is 23.7 Å². The SMILES string of the molecule is O=S(=O)(N[C@H](CO)C1CCC(OCc2ccccc2)CC1)c1ccc(Cl)s1. The molecule has 1 aliphatic rings. The molecule has 1 heterocycles. The van der Waals surface area contributed by atoms with E-state index in [4.69, 9.17) is 16.3 Å². The van der Waals surface area contributed by atoms with Gasteiger partial charge in [-0.15, -0.1) is 11.3 Å². The Kier molecular flexibility index (Phi) is 7.30. The molecule has 148 valence electrons. The summed E-state index contributed by atoms with van der Waals surface area (Å²) < 4.78 is 34.2. The van der Waals surface area contributed by atoms with Gasteiger partial charge in [-0.25, -0.2) is 13.1 Å². The van der Waals surface area contributed by atoms with Gasteiger partial charge in [0, 0.05) is 6.04 Å². The second-order valence-electron chi connectivity index (χ2n) is 6.80. The minimum atomic E-state index is -3.67. The lowest BCUT2D eigenvalue weighted by atomic mass is 9.83. The summed E-state index contributed by atoms with van der Waals surface area (Å²) in [5, 5.41) is 9.73. The summed E-state index contributed by atoms with van der Waals surface area (Å²) in [7, 11) is -3.67. The summed E-state index contributed by atoms with van der Waals surface area (Å²) >= 11 is 6.85. The zero-order valence-electron chi connectivity index (χ0n) is 14.9. The van der Waals surface area contributed by atoms with Gasteiger partial charge in [-0.3, -0.25) is 0 Å². The molecule has 0 amide bonds. The third-order valence-electron chi connectivity index (χ3n) is 4.93. The summed E-state index contributed by atoms with van der Waals surface area (Å²) in [6.07, 6.45) is 3.53. The Morgan fingerprint density at radius 3 is 2.44 bits per heavy atom. The van der Waals surface area contributed by atoms with E-state index < -0.39 is 16.1 Å². The number of thiophene rings is 1. The molecule has 1 fully saturated rings. The van der Waals surface area contributed by atoms with Gasteiger partial charge in [0.1, 0.15) is 4.21 Å². The van der Waals surface area contributed by atoms with E-state index in [0.717, 1.165) is 42.6 Å². The third-order valence-corrected chi connectivity index (χ3v) is 8.15. The van der Waals surface area contributed by atoms with E-state index in [0.29, 0.717) is 10.9 Å². The van der Waals surface area contributed by atoms with E-state index in [1.165, 1.54) is 6.07 Å². The minimum Gasteiger partial charge on any atom is -0.395 e. The van der Waals surface area contributed by atoms with E-state index in [9.17, 15) is 13.5 Å². The van der Waals surface area contributed by atoms with Crippen LogP contribution in [0.3, 0.4) is 0 Å². The van der Waals surface area contributed by atoms with Crippen molar-refractivity contribution in [2.24, 2.45) is 5.92 Å². The van der Waals surface area contributed by atoms with Crippen LogP contribution in [0.5, 0.6) is 0 Å². The smallest absolute Gasteiger partial charge is 0.250 e. The second-order valence-corrected chi connectivity index (χ2v) is 10.5. The quantitative estimate of drug-likeness (QED) is 0.668. The molecule has 1 atom stereocenters. The van der Waals surface area contributed by atoms with Gasteiger partial charge in [0.25, 0.3) is 0 Å². The van der Waals surface area contributed by atoms with Gasteiger partial charge >= 0.3 is 0 Å². The summed E-state index contributed by atoms with van der Waals surface area (Å²) in [5.41, 5.74) is 1.15. The number of aliphatic hydroxyl groups excluding tert-OH is 1. The van der Waals surface area contributed by atoms with Crippen molar-refractivity contribution in [3.63, 3.8) is 0 Å². The van der Waals surface area contributed by atoms with Gasteiger partial charge in [-0.2, -0.15) is 0 Å². The monoisotopic (exact) mass is 429 g/mol. The molecule has 8 heteroatoms. The molecule has 1 saturated carbocycles. The molecule has 0 radical (unpaired) electrons. The molecule has 3 rings (SSSR count). The average molecular weight is 430 g/mol. The molecule has 1 aromatic carbocycles. The number of halogens is 1. The highest BCUT2D eigenvalue weighted by Crippen LogP contribution is 2.31. The highest BCUT2D eigenvalue weighted by molar-refractivity contribution is 7.91. The maximum absolute atomic E-state index is 12.5. The fraction of sp³-hybridized carbons (Fsp3) is 0.474. The first-order chi connectivity index (χ1) is 13.0. The Morgan fingerprint density at radius 1 is 1.15 bits per heavy atom. The van der Waals surface area contributed by atoms with Crippen LogP contribution < -0.4 is 4.72 Å². The molecule has 0 saturated heterocycles. The molecular formula is C19H24ClNO4S2. The maximum atomic E-state index is 12.5. The highest BCUT2D eigenvalue weighted by atomic mass is 35.5. The lowest BCUT2D eigenvalue weighted by Crippen LogP contribution is -2.44. The van der Waals surface area contributed by atoms with E-state index in [1.54, 1.807) is 6.07 Å². The highest BCUT2D eigenvalue weighted by Gasteiger charge is 2.31. The van der Waals surface area contributed by atoms with Crippen LogP contribution in [-0.4, -0.2) is 32.3 Å². The summed E-state index contributed by atoms with van der Waals surface area (Å²) in [6.45, 7) is 0.365. The molecule has 0 unspecified atom stereocenters. The molecule has 2 N–H and O–H groups in total. The second kappa shape index (κ2) is 9.49. The predicted molar refractivity (Wildman–Crippen MR) is 108 cm³/mol. The van der Waals surface area contributed by atoms with Crippen molar-refractivity contribution in [1.82, 2.24) is 4.72 Å². The van der Waals surface area contributed by atoms with Crippen molar-refractivity contribution in [2.75, 3.05) is 6.61 Å². The number of aliphatic hydroxyl groups is 1. The van der Waals surface area contributed by atoms with Crippen LogP contribution >= 0.6 is 22.9 Å². The first-order valence-electron chi connectivity index (χ1n) is 9.02. The van der Waals surface area contributed by atoms with E-state index >= 15 is 0 Å². The zero-order valence-corrected chi connectivity index (χ0v) is 17.3. The van der Waals surface area contributed by atoms with Gasteiger partial charge in [0.15, 0.2) is 0 Å². The molecule has 0 spiro atoms. The van der Waals surface area contributed by atoms with Crippen molar-refractivity contribution in [3.8, 4) is 0 Å². The number of sulfonamides is 1. The number of benzene rings is 1. The minimum absolute atomic E-state index is 0.0942. The molecule has 1 aliphatic carbocycles. The standard InChI is InChI=1S/C19H24ClNO4S2/c20-18-10-11-19(26-18)27(23,24)21-17(12-22)15-6-8-16(9-7-15)25-13-14-4-2-1-3-5-14/h1-5,10-11,15-17,21-22H,6-9,12-13H2/t15?,16?,17-/m1/s1. The molecular weight excluding hydrogens is 406 g/mol. The average Bonchev–Trinajstić information content (AvgIpc) is 3.13. The van der Waals surface area contributed by atoms with Gasteiger partial charge < -0.3 is 9.84 Å². The maximum Gasteiger partial charge on any atom is 0.250 e. The van der Waals surface area contributed by atoms with Crippen LogP contribution in [0.1, 0.15) is 31.2 Å². The first-order valence-corrected chi connectivity index (χ1v) is 11.7. The molecule has 27 heavy (non-hydrogen) atoms. The van der Waals surface area contributed by atoms with Crippen molar-refractivity contribution in [1.29, 1.82) is 0 Å². The molecule has 0 aliphatic heterocycles. The van der Waals surface area contributed by atoms with Crippen LogP contribution in [0.25, 0.3) is 0 Å². The van der Waals surface area contributed by atoms with Crippen LogP contribution in [0, 0.1) is 5.92 Å². The van der Waals surface area contributed by atoms with Crippen molar-refractivity contribution in [2.45, 2.75) is 48.6 Å². The zero-order chi connectivity index (χ0) is 19.3. The summed E-state index contributed by atoms with van der Waals surface area (Å²) in [5.74, 6) is 0.0942. The van der Waals surface area contributed by atoms with E-state index in [-0.39, 0.29) is 22.8 Å². The largest absolute Gasteiger partial charge is 0.395 e. The van der Waals surface area contributed by atoms with Crippen molar-refractivity contribution in [3.05, 3.63) is 52.4 Å². The summed E-state index contributed by atoms with van der Waals surface area (Å²) in [4.78, 5) is 0. The molecule has 5 nitrogen and oxygen atoms in total. The van der Waals surface area contributed by atoms with Gasteiger partial charge in [0.2, 0.25) is 10.0 Å². The fourth-order valence-corrected chi connectivity index (χ4v) is 6.22. The molecule has 1 aromatic heterocycles. The van der Waals surface area contributed by atoms with E-state index in [2.05, 4.69) is 4.72 Å². The van der Waals surface area contributed by atoms with Crippen LogP contribution in [0.2, 0.25) is 4.34 Å². The molecule has 2 aromatic rings. The lowest BCUT2D eigenvalue weighted by molar-refractivity contribution is 0.00179. The third kappa shape index (κ3) is 5.76. The number of hydrogen-bond acceptors (Lipinski definition) is 5. The number of rotatable bonds is 8. The Balaban J connectivity index is 1.51. The lowest BCUT2D eigenvalue weighted by Gasteiger charge is -2.33. The summed E-state index contributed by atoms with van der Waals surface area (Å²) in [6, 6.07) is 12.6. The van der Waals surface area contributed by atoms with Crippen LogP contribution in [-0.2, 0) is 21.4 Å². The predicted octanol–water partition coefficient (Wildman–Crippen LogP) is 3.82. The topological polar surface area (TPSA) is 75.6 Å². The van der Waals surface area contributed by atoms with E-state index in [1.807, 2.05) is 30.3 Å². The molecule has 0 bridgehead atoms. The van der Waals surface area contributed by atoms with Crippen LogP contribution in [0.4, 0.5) is 0 Å². The number of ether oxygens (including phenoxy) is 1. The Labute approximate surface area is 169 Å². The van der Waals surface area contributed by atoms with Crippen molar-refractivity contribution < 1.29 is 18.3 Å². The number of nitrogens with one attached hydrogen (secondary N) is 1. The van der Waals surface area contributed by atoms with Gasteiger partial charge in [-0.1, -0.05) is 41.9 Å². The normalized spacial score (nSPS) is 21.9. The van der Waals surface area contributed by atoms with Gasteiger partial charge in [-0.05, 0) is 49.3 Å². The van der Waals surface area contributed by atoms with Crippen molar-refractivity contribution >= 4 is 33.0 Å². The first kappa shape index (κ1) is 20.8. The Bertz CT molecular complexity index is 817.